The normalized spacial score (nSPS) is 11.0. The Kier molecular flexibility index (Phi) is 5.01. The number of benzene rings is 1. The van der Waals surface area contributed by atoms with E-state index in [9.17, 15) is 9.18 Å². The fraction of sp³-hybridized carbons (Fsp3) is 0.182. The van der Waals surface area contributed by atoms with Gasteiger partial charge in [-0.2, -0.15) is 0 Å². The Morgan fingerprint density at radius 2 is 2.06 bits per heavy atom. The first kappa shape index (κ1) is 12.2. The van der Waals surface area contributed by atoms with Crippen molar-refractivity contribution in [2.24, 2.45) is 5.73 Å². The van der Waals surface area contributed by atoms with E-state index in [0.29, 0.717) is 17.6 Å². The first-order valence-electron chi connectivity index (χ1n) is 4.84. The minimum absolute atomic E-state index is 0.0854. The van der Waals surface area contributed by atoms with Gasteiger partial charge in [0.05, 0.1) is 6.33 Å². The van der Waals surface area contributed by atoms with Crippen LogP contribution in [0.15, 0.2) is 42.2 Å². The van der Waals surface area contributed by atoms with E-state index in [1.54, 1.807) is 12.1 Å². The topological polar surface area (TPSA) is 67.1 Å². The number of carbonyl (C=O) groups is 1. The molecule has 0 heterocycles. The molecule has 1 aromatic carbocycles. The molecule has 0 atom stereocenters. The Bertz CT molecular complexity index is 365. The van der Waals surface area contributed by atoms with Crippen LogP contribution in [0.3, 0.4) is 0 Å². The fourth-order valence-corrected chi connectivity index (χ4v) is 1.05. The molecule has 0 aliphatic rings. The Morgan fingerprint density at radius 1 is 1.38 bits per heavy atom. The Labute approximate surface area is 93.3 Å². The van der Waals surface area contributed by atoms with E-state index in [2.05, 4.69) is 10.6 Å². The van der Waals surface area contributed by atoms with Crippen molar-refractivity contribution >= 4 is 11.7 Å². The number of nitrogens with two attached hydrogens (primary N) is 1. The molecular formula is C11H14FN3O. The van der Waals surface area contributed by atoms with Crippen LogP contribution in [0.25, 0.3) is 0 Å². The second-order valence-corrected chi connectivity index (χ2v) is 3.15. The average molecular weight is 223 g/mol. The van der Waals surface area contributed by atoms with Gasteiger partial charge in [-0.15, -0.1) is 0 Å². The molecule has 0 aliphatic carbocycles. The molecule has 16 heavy (non-hydrogen) atoms. The summed E-state index contributed by atoms with van der Waals surface area (Å²) in [5, 5.41) is 5.10. The molecule has 0 spiro atoms. The maximum atomic E-state index is 12.1. The lowest BCUT2D eigenvalue weighted by atomic mass is 10.3. The molecule has 5 heteroatoms. The van der Waals surface area contributed by atoms with Crippen molar-refractivity contribution in [1.82, 2.24) is 5.32 Å². The van der Waals surface area contributed by atoms with Crippen LogP contribution in [-0.4, -0.2) is 19.1 Å². The molecule has 0 aromatic heterocycles. The SMILES string of the molecule is NC/C(=C/F)CNC(=O)Nc1ccccc1. The molecule has 4 nitrogen and oxygen atoms in total. The van der Waals surface area contributed by atoms with Gasteiger partial charge in [0.1, 0.15) is 0 Å². The molecule has 1 rings (SSSR count). The molecule has 1 aromatic rings. The van der Waals surface area contributed by atoms with Gasteiger partial charge in [-0.3, -0.25) is 0 Å². The van der Waals surface area contributed by atoms with Gasteiger partial charge < -0.3 is 16.4 Å². The zero-order valence-electron chi connectivity index (χ0n) is 8.74. The number of halogens is 1. The summed E-state index contributed by atoms with van der Waals surface area (Å²) >= 11 is 0. The summed E-state index contributed by atoms with van der Waals surface area (Å²) in [4.78, 5) is 11.3. The van der Waals surface area contributed by atoms with Crippen molar-refractivity contribution in [1.29, 1.82) is 0 Å². The van der Waals surface area contributed by atoms with E-state index >= 15 is 0 Å². The predicted octanol–water partition coefficient (Wildman–Crippen LogP) is 1.62. The van der Waals surface area contributed by atoms with Crippen LogP contribution in [0.4, 0.5) is 14.9 Å². The molecule has 0 bridgehead atoms. The molecule has 0 fully saturated rings. The van der Waals surface area contributed by atoms with Crippen molar-refractivity contribution in [3.05, 3.63) is 42.2 Å². The van der Waals surface area contributed by atoms with Crippen molar-refractivity contribution < 1.29 is 9.18 Å². The van der Waals surface area contributed by atoms with Crippen LogP contribution in [0.1, 0.15) is 0 Å². The van der Waals surface area contributed by atoms with E-state index in [1.165, 1.54) is 0 Å². The smallest absolute Gasteiger partial charge is 0.319 e. The summed E-state index contributed by atoms with van der Waals surface area (Å²) < 4.78 is 12.1. The van der Waals surface area contributed by atoms with Crippen molar-refractivity contribution in [2.45, 2.75) is 0 Å². The van der Waals surface area contributed by atoms with Crippen LogP contribution in [0.2, 0.25) is 0 Å². The highest BCUT2D eigenvalue weighted by Gasteiger charge is 2.01. The number of rotatable bonds is 4. The molecule has 86 valence electrons. The van der Waals surface area contributed by atoms with E-state index < -0.39 is 0 Å². The van der Waals surface area contributed by atoms with Crippen molar-refractivity contribution in [3.8, 4) is 0 Å². The number of para-hydroxylation sites is 1. The minimum atomic E-state index is -0.390. The van der Waals surface area contributed by atoms with Gasteiger partial charge in [0.15, 0.2) is 0 Å². The summed E-state index contributed by atoms with van der Waals surface area (Å²) in [6, 6.07) is 8.59. The lowest BCUT2D eigenvalue weighted by Crippen LogP contribution is -2.31. The first-order valence-corrected chi connectivity index (χ1v) is 4.84. The zero-order valence-corrected chi connectivity index (χ0v) is 8.74. The first-order chi connectivity index (χ1) is 7.76. The summed E-state index contributed by atoms with van der Waals surface area (Å²) in [5.74, 6) is 0. The van der Waals surface area contributed by atoms with Gasteiger partial charge >= 0.3 is 6.03 Å². The second-order valence-electron chi connectivity index (χ2n) is 3.15. The highest BCUT2D eigenvalue weighted by atomic mass is 19.1. The molecule has 0 saturated heterocycles. The highest BCUT2D eigenvalue weighted by Crippen LogP contribution is 2.04. The predicted molar refractivity (Wildman–Crippen MR) is 61.7 cm³/mol. The molecule has 0 radical (unpaired) electrons. The van der Waals surface area contributed by atoms with Gasteiger partial charge in [0.25, 0.3) is 0 Å². The summed E-state index contributed by atoms with van der Waals surface area (Å²) in [7, 11) is 0. The van der Waals surface area contributed by atoms with Crippen molar-refractivity contribution in [2.75, 3.05) is 18.4 Å². The maximum absolute atomic E-state index is 12.1. The minimum Gasteiger partial charge on any atom is -0.334 e. The Morgan fingerprint density at radius 3 is 2.62 bits per heavy atom. The number of nitrogens with one attached hydrogen (secondary N) is 2. The van der Waals surface area contributed by atoms with E-state index in [-0.39, 0.29) is 19.1 Å². The number of urea groups is 1. The summed E-state index contributed by atoms with van der Waals surface area (Å²) in [5.41, 5.74) is 6.26. The number of hydrogen-bond acceptors (Lipinski definition) is 2. The van der Waals surface area contributed by atoms with Crippen LogP contribution in [0.5, 0.6) is 0 Å². The lowest BCUT2D eigenvalue weighted by Gasteiger charge is -2.07. The van der Waals surface area contributed by atoms with Crippen LogP contribution < -0.4 is 16.4 Å². The number of carbonyl (C=O) groups excluding carboxylic acids is 1. The molecule has 0 unspecified atom stereocenters. The molecule has 0 aliphatic heterocycles. The molecule has 2 amide bonds. The third-order valence-corrected chi connectivity index (χ3v) is 1.92. The quantitative estimate of drug-likeness (QED) is 0.726. The Balaban J connectivity index is 2.37. The van der Waals surface area contributed by atoms with Gasteiger partial charge in [-0.25, -0.2) is 9.18 Å². The lowest BCUT2D eigenvalue weighted by molar-refractivity contribution is 0.253. The standard InChI is InChI=1S/C11H14FN3O/c12-6-9(7-13)8-14-11(16)15-10-4-2-1-3-5-10/h1-6H,7-8,13H2,(H2,14,15,16)/b9-6-. The molecule has 4 N–H and O–H groups in total. The third-order valence-electron chi connectivity index (χ3n) is 1.92. The van der Waals surface area contributed by atoms with Crippen LogP contribution >= 0.6 is 0 Å². The molecular weight excluding hydrogens is 209 g/mol. The van der Waals surface area contributed by atoms with Crippen LogP contribution in [-0.2, 0) is 0 Å². The summed E-state index contributed by atoms with van der Waals surface area (Å²) in [6.07, 6.45) is 0.406. The third kappa shape index (κ3) is 4.10. The summed E-state index contributed by atoms with van der Waals surface area (Å²) in [6.45, 7) is 0.188. The van der Waals surface area contributed by atoms with Crippen molar-refractivity contribution in [3.63, 3.8) is 0 Å². The fourth-order valence-electron chi connectivity index (χ4n) is 1.05. The number of amides is 2. The van der Waals surface area contributed by atoms with Crippen LogP contribution in [0, 0.1) is 0 Å². The van der Waals surface area contributed by atoms with E-state index in [0.717, 1.165) is 0 Å². The maximum Gasteiger partial charge on any atom is 0.319 e. The highest BCUT2D eigenvalue weighted by molar-refractivity contribution is 5.89. The monoisotopic (exact) mass is 223 g/mol. The number of anilines is 1. The Hall–Kier alpha value is -1.88. The molecule has 0 saturated carbocycles. The zero-order chi connectivity index (χ0) is 11.8. The van der Waals surface area contributed by atoms with Gasteiger partial charge in [0, 0.05) is 18.8 Å². The average Bonchev–Trinajstić information content (AvgIpc) is 2.31. The second kappa shape index (κ2) is 6.58. The van der Waals surface area contributed by atoms with Gasteiger partial charge in [0.2, 0.25) is 0 Å². The van der Waals surface area contributed by atoms with Gasteiger partial charge in [-0.1, -0.05) is 18.2 Å². The van der Waals surface area contributed by atoms with E-state index in [4.69, 9.17) is 5.73 Å². The largest absolute Gasteiger partial charge is 0.334 e. The van der Waals surface area contributed by atoms with Gasteiger partial charge in [-0.05, 0) is 17.7 Å². The number of hydrogen-bond donors (Lipinski definition) is 3. The van der Waals surface area contributed by atoms with E-state index in [1.807, 2.05) is 18.2 Å².